The zero-order valence-corrected chi connectivity index (χ0v) is 20.7. The van der Waals surface area contributed by atoms with E-state index in [0.717, 1.165) is 11.4 Å². The van der Waals surface area contributed by atoms with Gasteiger partial charge in [-0.15, -0.1) is 0 Å². The highest BCUT2D eigenvalue weighted by molar-refractivity contribution is 6.03. The largest absolute Gasteiger partial charge is 0.471 e. The molecule has 4 rings (SSSR count). The molecule has 0 spiro atoms. The van der Waals surface area contributed by atoms with Crippen LogP contribution in [0.5, 0.6) is 5.75 Å². The van der Waals surface area contributed by atoms with E-state index in [2.05, 4.69) is 36.3 Å². The van der Waals surface area contributed by atoms with Crippen LogP contribution in [0.3, 0.4) is 0 Å². The van der Waals surface area contributed by atoms with E-state index in [1.807, 2.05) is 31.2 Å². The van der Waals surface area contributed by atoms with E-state index < -0.39 is 0 Å². The fourth-order valence-electron chi connectivity index (χ4n) is 3.74. The van der Waals surface area contributed by atoms with Gasteiger partial charge in [-0.2, -0.15) is 10.2 Å². The molecule has 1 N–H and O–H groups in total. The van der Waals surface area contributed by atoms with Crippen molar-refractivity contribution in [1.29, 1.82) is 0 Å². The number of halogens is 1. The van der Waals surface area contributed by atoms with Gasteiger partial charge in [0.25, 0.3) is 5.91 Å². The van der Waals surface area contributed by atoms with Crippen LogP contribution >= 0.6 is 0 Å². The molecule has 182 valence electrons. The summed E-state index contributed by atoms with van der Waals surface area (Å²) in [5.41, 5.74) is 4.07. The van der Waals surface area contributed by atoms with E-state index in [9.17, 15) is 9.18 Å². The van der Waals surface area contributed by atoms with Crippen LogP contribution in [0, 0.1) is 19.7 Å². The number of carbonyl (C=O) groups is 1. The Bertz CT molecular complexity index is 1330. The number of anilines is 1. The number of rotatable bonds is 7. The predicted octanol–water partition coefficient (Wildman–Crippen LogP) is 5.47. The molecule has 8 heteroatoms. The maximum absolute atomic E-state index is 14.1. The zero-order chi connectivity index (χ0) is 25.2. The van der Waals surface area contributed by atoms with Crippen molar-refractivity contribution in [1.82, 2.24) is 19.6 Å². The third kappa shape index (κ3) is 5.59. The van der Waals surface area contributed by atoms with Gasteiger partial charge in [0, 0.05) is 11.8 Å². The summed E-state index contributed by atoms with van der Waals surface area (Å²) in [6.07, 6.45) is 1.69. The van der Waals surface area contributed by atoms with Crippen molar-refractivity contribution in [2.75, 3.05) is 5.32 Å². The molecule has 0 bridgehead atoms. The first-order valence-electron chi connectivity index (χ1n) is 11.5. The van der Waals surface area contributed by atoms with Crippen LogP contribution < -0.4 is 10.1 Å². The Morgan fingerprint density at radius 3 is 2.43 bits per heavy atom. The molecule has 0 fully saturated rings. The summed E-state index contributed by atoms with van der Waals surface area (Å²) < 4.78 is 23.1. The van der Waals surface area contributed by atoms with Crippen LogP contribution in [-0.2, 0) is 18.7 Å². The molecule has 0 saturated heterocycles. The van der Waals surface area contributed by atoms with Crippen molar-refractivity contribution in [2.45, 2.75) is 53.3 Å². The normalized spacial score (nSPS) is 11.5. The molecule has 0 radical (unpaired) electrons. The van der Waals surface area contributed by atoms with E-state index in [1.54, 1.807) is 46.7 Å². The Labute approximate surface area is 204 Å². The summed E-state index contributed by atoms with van der Waals surface area (Å²) in [5.74, 6) is 0.0893. The molecule has 35 heavy (non-hydrogen) atoms. The fourth-order valence-corrected chi connectivity index (χ4v) is 3.74. The standard InChI is InChI=1S/C27H30FN5O2/c1-18-25(19(2)33(30-18)16-20-8-6-7-9-23(20)28)29-26(34)24-14-15-32(31-24)17-35-22-12-10-21(11-13-22)27(3,4)5/h6-15H,16-17H2,1-5H3,(H,29,34). The van der Waals surface area contributed by atoms with Gasteiger partial charge in [0.15, 0.2) is 12.4 Å². The summed E-state index contributed by atoms with van der Waals surface area (Å²) in [6.45, 7) is 10.6. The molecule has 7 nitrogen and oxygen atoms in total. The van der Waals surface area contributed by atoms with Gasteiger partial charge < -0.3 is 10.1 Å². The number of carbonyl (C=O) groups excluding carboxylic acids is 1. The van der Waals surface area contributed by atoms with Crippen molar-refractivity contribution in [3.8, 4) is 5.75 Å². The van der Waals surface area contributed by atoms with E-state index in [-0.39, 0.29) is 36.1 Å². The van der Waals surface area contributed by atoms with E-state index in [4.69, 9.17) is 4.74 Å². The van der Waals surface area contributed by atoms with Gasteiger partial charge in [-0.1, -0.05) is 51.1 Å². The SMILES string of the molecule is Cc1nn(Cc2ccccc2F)c(C)c1NC(=O)c1ccn(COc2ccc(C(C)(C)C)cc2)n1. The van der Waals surface area contributed by atoms with E-state index in [0.29, 0.717) is 16.9 Å². The molecule has 0 aliphatic heterocycles. The number of benzene rings is 2. The number of ether oxygens (including phenoxy) is 1. The Morgan fingerprint density at radius 1 is 1.03 bits per heavy atom. The second-order valence-electron chi connectivity index (χ2n) is 9.54. The summed E-state index contributed by atoms with van der Waals surface area (Å²) in [5, 5.41) is 11.7. The van der Waals surface area contributed by atoms with Crippen LogP contribution in [0.25, 0.3) is 0 Å². The third-order valence-corrected chi connectivity index (χ3v) is 5.86. The molecule has 0 aliphatic rings. The maximum Gasteiger partial charge on any atom is 0.276 e. The monoisotopic (exact) mass is 475 g/mol. The smallest absolute Gasteiger partial charge is 0.276 e. The van der Waals surface area contributed by atoms with Crippen LogP contribution in [0.2, 0.25) is 0 Å². The number of nitrogens with one attached hydrogen (secondary N) is 1. The van der Waals surface area contributed by atoms with Crippen LogP contribution in [0.4, 0.5) is 10.1 Å². The van der Waals surface area contributed by atoms with Crippen LogP contribution in [0.1, 0.15) is 53.8 Å². The van der Waals surface area contributed by atoms with Crippen LogP contribution in [0.15, 0.2) is 60.8 Å². The highest BCUT2D eigenvalue weighted by atomic mass is 19.1. The summed E-state index contributed by atoms with van der Waals surface area (Å²) in [4.78, 5) is 12.8. The number of aromatic nitrogens is 4. The number of hydrogen-bond acceptors (Lipinski definition) is 4. The lowest BCUT2D eigenvalue weighted by molar-refractivity contribution is 0.102. The Kier molecular flexibility index (Phi) is 6.73. The molecular formula is C27H30FN5O2. The molecule has 2 heterocycles. The lowest BCUT2D eigenvalue weighted by Gasteiger charge is -2.19. The van der Waals surface area contributed by atoms with Crippen molar-refractivity contribution < 1.29 is 13.9 Å². The molecular weight excluding hydrogens is 445 g/mol. The highest BCUT2D eigenvalue weighted by Gasteiger charge is 2.18. The predicted molar refractivity (Wildman–Crippen MR) is 133 cm³/mol. The van der Waals surface area contributed by atoms with Gasteiger partial charge >= 0.3 is 0 Å². The zero-order valence-electron chi connectivity index (χ0n) is 20.7. The number of nitrogens with zero attached hydrogens (tertiary/aromatic N) is 4. The third-order valence-electron chi connectivity index (χ3n) is 5.86. The maximum atomic E-state index is 14.1. The minimum atomic E-state index is -0.352. The van der Waals surface area contributed by atoms with Gasteiger partial charge in [0.1, 0.15) is 11.6 Å². The molecule has 2 aromatic heterocycles. The summed E-state index contributed by atoms with van der Waals surface area (Å²) >= 11 is 0. The van der Waals surface area contributed by atoms with Gasteiger partial charge in [-0.25, -0.2) is 9.07 Å². The van der Waals surface area contributed by atoms with Gasteiger partial charge in [-0.3, -0.25) is 9.48 Å². The average Bonchev–Trinajstić information content (AvgIpc) is 3.39. The fraction of sp³-hybridized carbons (Fsp3) is 0.296. The van der Waals surface area contributed by atoms with Crippen LogP contribution in [-0.4, -0.2) is 25.5 Å². The lowest BCUT2D eigenvalue weighted by Crippen LogP contribution is -2.15. The topological polar surface area (TPSA) is 74.0 Å². The summed E-state index contributed by atoms with van der Waals surface area (Å²) in [6, 6.07) is 16.2. The summed E-state index contributed by atoms with van der Waals surface area (Å²) in [7, 11) is 0. The molecule has 2 aromatic carbocycles. The number of hydrogen-bond donors (Lipinski definition) is 1. The first kappa shape index (κ1) is 24.2. The number of aryl methyl sites for hydroxylation is 1. The lowest BCUT2D eigenvalue weighted by atomic mass is 9.87. The Balaban J connectivity index is 1.39. The molecule has 0 unspecified atom stereocenters. The number of amides is 1. The van der Waals surface area contributed by atoms with Crippen molar-refractivity contribution in [3.63, 3.8) is 0 Å². The first-order chi connectivity index (χ1) is 16.6. The van der Waals surface area contributed by atoms with Gasteiger partial charge in [0.2, 0.25) is 0 Å². The minimum absolute atomic E-state index is 0.0771. The second-order valence-corrected chi connectivity index (χ2v) is 9.54. The highest BCUT2D eigenvalue weighted by Crippen LogP contribution is 2.25. The van der Waals surface area contributed by atoms with E-state index >= 15 is 0 Å². The van der Waals surface area contributed by atoms with Crippen molar-refractivity contribution in [3.05, 3.63) is 94.8 Å². The molecule has 4 aromatic rings. The quantitative estimate of drug-likeness (QED) is 0.385. The minimum Gasteiger partial charge on any atom is -0.471 e. The average molecular weight is 476 g/mol. The molecule has 0 aliphatic carbocycles. The first-order valence-corrected chi connectivity index (χ1v) is 11.5. The molecule has 0 saturated carbocycles. The van der Waals surface area contributed by atoms with Gasteiger partial charge in [-0.05, 0) is 49.1 Å². The Hall–Kier alpha value is -3.94. The Morgan fingerprint density at radius 2 is 1.74 bits per heavy atom. The van der Waals surface area contributed by atoms with E-state index in [1.165, 1.54) is 11.6 Å². The molecule has 0 atom stereocenters. The van der Waals surface area contributed by atoms with Crippen molar-refractivity contribution in [2.24, 2.45) is 0 Å². The van der Waals surface area contributed by atoms with Gasteiger partial charge in [0.05, 0.1) is 23.6 Å². The second kappa shape index (κ2) is 9.74. The molecule has 1 amide bonds. The van der Waals surface area contributed by atoms with Crippen molar-refractivity contribution >= 4 is 11.6 Å².